The average molecular weight is 424 g/mol. The number of rotatable bonds is 11. The minimum Gasteiger partial charge on any atom is -0.494 e. The van der Waals surface area contributed by atoms with Gasteiger partial charge in [-0.3, -0.25) is 4.98 Å². The van der Waals surface area contributed by atoms with Gasteiger partial charge >= 0.3 is 0 Å². The molecular weight excluding hydrogens is 394 g/mol. The molecule has 0 radical (unpaired) electrons. The van der Waals surface area contributed by atoms with Crippen LogP contribution in [0.2, 0.25) is 0 Å². The van der Waals surface area contributed by atoms with Crippen LogP contribution in [0.15, 0.2) is 36.7 Å². The second kappa shape index (κ2) is 10.7. The second-order valence-electron chi connectivity index (χ2n) is 7.09. The van der Waals surface area contributed by atoms with E-state index in [0.29, 0.717) is 36.9 Å². The van der Waals surface area contributed by atoms with Gasteiger partial charge in [-0.15, -0.1) is 0 Å². The number of hydrogen-bond donors (Lipinski definition) is 0. The van der Waals surface area contributed by atoms with E-state index in [1.165, 1.54) is 0 Å². The maximum Gasteiger partial charge on any atom is 0.203 e. The van der Waals surface area contributed by atoms with Gasteiger partial charge in [0.1, 0.15) is 12.0 Å². The molecule has 0 spiro atoms. The number of fused-ring (bicyclic) bond motifs is 1. The van der Waals surface area contributed by atoms with E-state index < -0.39 is 0 Å². The molecule has 31 heavy (non-hydrogen) atoms. The molecule has 0 unspecified atom stereocenters. The Balaban J connectivity index is 2.05. The third-order valence-corrected chi connectivity index (χ3v) is 5.05. The summed E-state index contributed by atoms with van der Waals surface area (Å²) in [5.74, 6) is 2.61. The number of aldehydes is 1. The van der Waals surface area contributed by atoms with E-state index in [4.69, 9.17) is 18.9 Å². The second-order valence-corrected chi connectivity index (χ2v) is 7.09. The highest BCUT2D eigenvalue weighted by atomic mass is 16.5. The highest BCUT2D eigenvalue weighted by molar-refractivity contribution is 5.91. The van der Waals surface area contributed by atoms with Crippen molar-refractivity contribution in [2.75, 3.05) is 27.4 Å². The zero-order chi connectivity index (χ0) is 22.2. The summed E-state index contributed by atoms with van der Waals surface area (Å²) in [4.78, 5) is 15.7. The van der Waals surface area contributed by atoms with Crippen LogP contribution >= 0.6 is 0 Å². The molecule has 164 valence electrons. The van der Waals surface area contributed by atoms with Crippen molar-refractivity contribution in [3.8, 4) is 23.0 Å². The van der Waals surface area contributed by atoms with E-state index in [2.05, 4.69) is 11.9 Å². The number of aromatic nitrogens is 1. The zero-order valence-electron chi connectivity index (χ0n) is 18.6. The molecule has 6 nitrogen and oxygen atoms in total. The molecule has 3 rings (SSSR count). The number of hydrogen-bond acceptors (Lipinski definition) is 6. The van der Waals surface area contributed by atoms with Crippen molar-refractivity contribution < 1.29 is 23.7 Å². The first kappa shape index (κ1) is 22.4. The number of nitrogens with zero attached hydrogens (tertiary/aromatic N) is 1. The fourth-order valence-electron chi connectivity index (χ4n) is 3.67. The average Bonchev–Trinajstić information content (AvgIpc) is 2.79. The van der Waals surface area contributed by atoms with E-state index in [0.717, 1.165) is 45.9 Å². The van der Waals surface area contributed by atoms with E-state index in [-0.39, 0.29) is 6.42 Å². The Morgan fingerprint density at radius 3 is 2.29 bits per heavy atom. The molecule has 0 saturated carbocycles. The van der Waals surface area contributed by atoms with E-state index in [9.17, 15) is 4.79 Å². The number of benzene rings is 2. The quantitative estimate of drug-likeness (QED) is 0.414. The van der Waals surface area contributed by atoms with Crippen LogP contribution in [0.4, 0.5) is 0 Å². The highest BCUT2D eigenvalue weighted by Gasteiger charge is 2.16. The zero-order valence-corrected chi connectivity index (χ0v) is 18.6. The molecule has 0 aliphatic heterocycles. The molecule has 0 amide bonds. The van der Waals surface area contributed by atoms with Crippen LogP contribution in [0.25, 0.3) is 10.8 Å². The minimum atomic E-state index is 0.281. The molecule has 3 aromatic rings. The van der Waals surface area contributed by atoms with Gasteiger partial charge in [0.15, 0.2) is 11.5 Å². The number of ether oxygens (including phenoxy) is 4. The Labute approximate surface area is 183 Å². The number of methoxy groups -OCH3 is 2. The lowest BCUT2D eigenvalue weighted by Crippen LogP contribution is -2.03. The molecule has 0 N–H and O–H groups in total. The van der Waals surface area contributed by atoms with Gasteiger partial charge in [0.2, 0.25) is 5.75 Å². The summed E-state index contributed by atoms with van der Waals surface area (Å²) in [6, 6.07) is 7.89. The lowest BCUT2D eigenvalue weighted by Gasteiger charge is -2.17. The van der Waals surface area contributed by atoms with Gasteiger partial charge in [-0.2, -0.15) is 0 Å². The largest absolute Gasteiger partial charge is 0.494 e. The van der Waals surface area contributed by atoms with Crippen LogP contribution in [-0.2, 0) is 17.6 Å². The smallest absolute Gasteiger partial charge is 0.203 e. The summed E-state index contributed by atoms with van der Waals surface area (Å²) < 4.78 is 22.7. The topological polar surface area (TPSA) is 66.9 Å². The van der Waals surface area contributed by atoms with Gasteiger partial charge < -0.3 is 23.7 Å². The van der Waals surface area contributed by atoms with E-state index >= 15 is 0 Å². The Kier molecular flexibility index (Phi) is 7.70. The molecule has 0 aliphatic rings. The highest BCUT2D eigenvalue weighted by Crippen LogP contribution is 2.40. The van der Waals surface area contributed by atoms with E-state index in [1.807, 2.05) is 37.4 Å². The fraction of sp³-hybridized carbons (Fsp3) is 0.360. The SMILES string of the molecule is CCCOc1c(OC)cc(Cc2cncc3c(CC=O)c(OCC)ccc23)cc1OC. The number of pyridine rings is 1. The molecule has 0 bridgehead atoms. The van der Waals surface area contributed by atoms with Crippen molar-refractivity contribution in [3.05, 3.63) is 53.3 Å². The van der Waals surface area contributed by atoms with Gasteiger partial charge in [-0.05, 0) is 54.5 Å². The van der Waals surface area contributed by atoms with Crippen LogP contribution in [0.3, 0.4) is 0 Å². The molecule has 1 heterocycles. The number of carbonyl (C=O) groups excluding carboxylic acids is 1. The van der Waals surface area contributed by atoms with Gasteiger partial charge in [0, 0.05) is 29.8 Å². The molecule has 6 heteroatoms. The van der Waals surface area contributed by atoms with Gasteiger partial charge in [0.05, 0.1) is 27.4 Å². The van der Waals surface area contributed by atoms with Crippen LogP contribution < -0.4 is 18.9 Å². The summed E-state index contributed by atoms with van der Waals surface area (Å²) in [6.07, 6.45) is 6.34. The molecule has 0 atom stereocenters. The maximum absolute atomic E-state index is 11.3. The first-order chi connectivity index (χ1) is 15.2. The lowest BCUT2D eigenvalue weighted by molar-refractivity contribution is -0.107. The molecule has 2 aromatic carbocycles. The van der Waals surface area contributed by atoms with Gasteiger partial charge in [-0.1, -0.05) is 13.0 Å². The molecule has 0 fully saturated rings. The van der Waals surface area contributed by atoms with Crippen molar-refractivity contribution in [2.45, 2.75) is 33.1 Å². The Hall–Kier alpha value is -3.28. The Morgan fingerprint density at radius 1 is 0.935 bits per heavy atom. The molecule has 0 saturated heterocycles. The summed E-state index contributed by atoms with van der Waals surface area (Å²) in [5, 5.41) is 1.97. The van der Waals surface area contributed by atoms with Crippen molar-refractivity contribution in [1.82, 2.24) is 4.98 Å². The third kappa shape index (κ3) is 4.90. The summed E-state index contributed by atoms with van der Waals surface area (Å²) >= 11 is 0. The van der Waals surface area contributed by atoms with Crippen molar-refractivity contribution in [1.29, 1.82) is 0 Å². The van der Waals surface area contributed by atoms with Gasteiger partial charge in [-0.25, -0.2) is 0 Å². The molecular formula is C25H29NO5. The summed E-state index contributed by atoms with van der Waals surface area (Å²) in [6.45, 7) is 5.10. The Morgan fingerprint density at radius 2 is 1.68 bits per heavy atom. The normalized spacial score (nSPS) is 10.7. The monoisotopic (exact) mass is 423 g/mol. The fourth-order valence-corrected chi connectivity index (χ4v) is 3.67. The third-order valence-electron chi connectivity index (χ3n) is 5.05. The lowest BCUT2D eigenvalue weighted by atomic mass is 9.96. The maximum atomic E-state index is 11.3. The molecule has 1 aromatic heterocycles. The van der Waals surface area contributed by atoms with E-state index in [1.54, 1.807) is 20.4 Å². The van der Waals surface area contributed by atoms with Crippen molar-refractivity contribution >= 4 is 17.1 Å². The van der Waals surface area contributed by atoms with Crippen molar-refractivity contribution in [2.24, 2.45) is 0 Å². The predicted octanol–water partition coefficient (Wildman–Crippen LogP) is 4.77. The first-order valence-electron chi connectivity index (χ1n) is 10.5. The summed E-state index contributed by atoms with van der Waals surface area (Å²) in [7, 11) is 3.25. The standard InChI is InChI=1S/C25H29NO5/c1-5-11-31-25-23(28-3)13-17(14-24(25)29-4)12-18-15-26-16-21-19(18)7-8-22(30-6-2)20(21)9-10-27/h7-8,10,13-16H,5-6,9,11-12H2,1-4H3. The van der Waals surface area contributed by atoms with Crippen molar-refractivity contribution in [3.63, 3.8) is 0 Å². The van der Waals surface area contributed by atoms with Crippen LogP contribution in [0, 0.1) is 0 Å². The van der Waals surface area contributed by atoms with Gasteiger partial charge in [0.25, 0.3) is 0 Å². The van der Waals surface area contributed by atoms with Crippen LogP contribution in [-0.4, -0.2) is 38.7 Å². The molecule has 0 aliphatic carbocycles. The Bertz CT molecular complexity index is 1020. The first-order valence-corrected chi connectivity index (χ1v) is 10.5. The summed E-state index contributed by atoms with van der Waals surface area (Å²) in [5.41, 5.74) is 2.92. The van der Waals surface area contributed by atoms with Crippen LogP contribution in [0.1, 0.15) is 37.0 Å². The predicted molar refractivity (Wildman–Crippen MR) is 121 cm³/mol. The number of carbonyl (C=O) groups is 1. The minimum absolute atomic E-state index is 0.281. The van der Waals surface area contributed by atoms with Crippen LogP contribution in [0.5, 0.6) is 23.0 Å².